The average Bonchev–Trinajstić information content (AvgIpc) is 2.57. The number of aromatic nitrogens is 4. The first-order valence-electron chi connectivity index (χ1n) is 7.36. The second-order valence-electron chi connectivity index (χ2n) is 5.46. The van der Waals surface area contributed by atoms with Crippen molar-refractivity contribution in [2.24, 2.45) is 0 Å². The van der Waals surface area contributed by atoms with Crippen molar-refractivity contribution in [3.63, 3.8) is 0 Å². The van der Waals surface area contributed by atoms with Crippen LogP contribution in [0.3, 0.4) is 0 Å². The number of thioether (sulfide) groups is 1. The first-order valence-corrected chi connectivity index (χ1v) is 8.34. The van der Waals surface area contributed by atoms with Crippen molar-refractivity contribution in [1.29, 1.82) is 5.26 Å². The Kier molecular flexibility index (Phi) is 4.32. The van der Waals surface area contributed by atoms with E-state index in [1.807, 2.05) is 32.9 Å². The van der Waals surface area contributed by atoms with Gasteiger partial charge in [0.1, 0.15) is 16.7 Å². The van der Waals surface area contributed by atoms with E-state index in [0.717, 1.165) is 16.8 Å². The molecule has 0 N–H and O–H groups in total. The number of fused-ring (bicyclic) bond motifs is 1. The number of pyridine rings is 1. The van der Waals surface area contributed by atoms with Gasteiger partial charge in [-0.05, 0) is 38.0 Å². The first kappa shape index (κ1) is 16.1. The average molecular weight is 337 g/mol. The van der Waals surface area contributed by atoms with Crippen LogP contribution in [-0.2, 0) is 5.75 Å². The quantitative estimate of drug-likeness (QED) is 0.683. The van der Waals surface area contributed by atoms with Gasteiger partial charge in [0.05, 0.1) is 17.0 Å². The minimum atomic E-state index is -0.119. The van der Waals surface area contributed by atoms with Crippen LogP contribution in [0.25, 0.3) is 5.65 Å². The molecule has 0 aliphatic rings. The van der Waals surface area contributed by atoms with Gasteiger partial charge in [-0.1, -0.05) is 17.8 Å². The van der Waals surface area contributed by atoms with E-state index < -0.39 is 0 Å². The van der Waals surface area contributed by atoms with Gasteiger partial charge in [-0.3, -0.25) is 9.20 Å². The molecular formula is C17H15N5OS. The second kappa shape index (κ2) is 6.42. The maximum Gasteiger partial charge on any atom is 0.258 e. The molecule has 3 aromatic rings. The van der Waals surface area contributed by atoms with Gasteiger partial charge in [0.25, 0.3) is 5.56 Å². The van der Waals surface area contributed by atoms with Crippen molar-refractivity contribution in [2.75, 3.05) is 0 Å². The molecule has 0 aromatic carbocycles. The lowest BCUT2D eigenvalue weighted by Crippen LogP contribution is -2.15. The van der Waals surface area contributed by atoms with Crippen LogP contribution in [0.5, 0.6) is 0 Å². The van der Waals surface area contributed by atoms with E-state index in [4.69, 9.17) is 0 Å². The molecule has 0 aliphatic carbocycles. The highest BCUT2D eigenvalue weighted by Crippen LogP contribution is 2.25. The lowest BCUT2D eigenvalue weighted by molar-refractivity contribution is 0.870. The number of rotatable bonds is 3. The van der Waals surface area contributed by atoms with Crippen LogP contribution in [0.15, 0.2) is 34.2 Å². The van der Waals surface area contributed by atoms with Gasteiger partial charge < -0.3 is 0 Å². The summed E-state index contributed by atoms with van der Waals surface area (Å²) in [6.45, 7) is 5.60. The molecule has 0 bridgehead atoms. The molecule has 0 unspecified atom stereocenters. The third kappa shape index (κ3) is 2.88. The van der Waals surface area contributed by atoms with Gasteiger partial charge in [0, 0.05) is 18.0 Å². The summed E-state index contributed by atoms with van der Waals surface area (Å²) in [7, 11) is 0. The van der Waals surface area contributed by atoms with Crippen LogP contribution >= 0.6 is 11.8 Å². The SMILES string of the molecule is Cc1nnc(SCc2cc(=O)n3cccc(C)c3n2)c(C#N)c1C. The third-order valence-electron chi connectivity index (χ3n) is 3.83. The third-order valence-corrected chi connectivity index (χ3v) is 4.83. The molecule has 0 fully saturated rings. The Hall–Kier alpha value is -2.72. The Morgan fingerprint density at radius 1 is 1.29 bits per heavy atom. The van der Waals surface area contributed by atoms with Crippen molar-refractivity contribution in [3.8, 4) is 6.07 Å². The molecule has 0 amide bonds. The van der Waals surface area contributed by atoms with E-state index in [0.29, 0.717) is 27.7 Å². The molecule has 0 atom stereocenters. The molecule has 24 heavy (non-hydrogen) atoms. The normalized spacial score (nSPS) is 10.8. The highest BCUT2D eigenvalue weighted by Gasteiger charge is 2.12. The maximum atomic E-state index is 12.2. The van der Waals surface area contributed by atoms with Crippen LogP contribution in [0.2, 0.25) is 0 Å². The van der Waals surface area contributed by atoms with E-state index in [2.05, 4.69) is 21.3 Å². The Balaban J connectivity index is 1.95. The Labute approximate surface area is 143 Å². The molecule has 3 heterocycles. The van der Waals surface area contributed by atoms with Gasteiger partial charge in [-0.25, -0.2) is 4.98 Å². The molecule has 120 valence electrons. The number of aryl methyl sites for hydroxylation is 2. The lowest BCUT2D eigenvalue weighted by atomic mass is 10.1. The number of hydrogen-bond donors (Lipinski definition) is 0. The molecule has 3 rings (SSSR count). The number of nitriles is 1. The Bertz CT molecular complexity index is 1040. The molecular weight excluding hydrogens is 322 g/mol. The minimum absolute atomic E-state index is 0.119. The second-order valence-corrected chi connectivity index (χ2v) is 6.43. The summed E-state index contributed by atoms with van der Waals surface area (Å²) >= 11 is 1.36. The lowest BCUT2D eigenvalue weighted by Gasteiger charge is -2.08. The fourth-order valence-electron chi connectivity index (χ4n) is 2.34. The summed E-state index contributed by atoms with van der Waals surface area (Å²) in [5.41, 5.74) is 4.22. The van der Waals surface area contributed by atoms with Crippen molar-refractivity contribution >= 4 is 17.4 Å². The van der Waals surface area contributed by atoms with E-state index in [1.54, 1.807) is 6.20 Å². The minimum Gasteiger partial charge on any atom is -0.269 e. The Morgan fingerprint density at radius 3 is 2.83 bits per heavy atom. The highest BCUT2D eigenvalue weighted by atomic mass is 32.2. The van der Waals surface area contributed by atoms with Gasteiger partial charge >= 0.3 is 0 Å². The van der Waals surface area contributed by atoms with Gasteiger partial charge in [0.15, 0.2) is 0 Å². The summed E-state index contributed by atoms with van der Waals surface area (Å²) in [6, 6.07) is 7.44. The molecule has 3 aromatic heterocycles. The monoisotopic (exact) mass is 337 g/mol. The molecule has 0 saturated carbocycles. The van der Waals surface area contributed by atoms with Crippen molar-refractivity contribution < 1.29 is 0 Å². The standard InChI is InChI=1S/C17H15N5OS/c1-10-5-4-6-22-15(23)7-13(19-16(10)22)9-24-17-14(8-18)11(2)12(3)20-21-17/h4-7H,9H2,1-3H3. The van der Waals surface area contributed by atoms with E-state index in [-0.39, 0.29) is 5.56 Å². The molecule has 0 aliphatic heterocycles. The van der Waals surface area contributed by atoms with Gasteiger partial charge in [-0.2, -0.15) is 10.4 Å². The molecule has 0 radical (unpaired) electrons. The van der Waals surface area contributed by atoms with Crippen LogP contribution < -0.4 is 5.56 Å². The van der Waals surface area contributed by atoms with E-state index >= 15 is 0 Å². The fourth-order valence-corrected chi connectivity index (χ4v) is 3.22. The first-order chi connectivity index (χ1) is 11.5. The molecule has 6 nitrogen and oxygen atoms in total. The zero-order valence-electron chi connectivity index (χ0n) is 13.6. The molecule has 0 spiro atoms. The zero-order chi connectivity index (χ0) is 17.3. The van der Waals surface area contributed by atoms with Crippen LogP contribution in [0.1, 0.15) is 28.1 Å². The summed E-state index contributed by atoms with van der Waals surface area (Å²) in [5.74, 6) is 0.450. The number of hydrogen-bond acceptors (Lipinski definition) is 6. The summed E-state index contributed by atoms with van der Waals surface area (Å²) in [5, 5.41) is 18.1. The van der Waals surface area contributed by atoms with Crippen LogP contribution in [0.4, 0.5) is 0 Å². The predicted molar refractivity (Wildman–Crippen MR) is 92.0 cm³/mol. The Morgan fingerprint density at radius 2 is 2.08 bits per heavy atom. The van der Waals surface area contributed by atoms with Gasteiger partial charge in [-0.15, -0.1) is 5.10 Å². The van der Waals surface area contributed by atoms with Gasteiger partial charge in [0.2, 0.25) is 0 Å². The summed E-state index contributed by atoms with van der Waals surface area (Å²) in [4.78, 5) is 16.8. The largest absolute Gasteiger partial charge is 0.269 e. The number of nitrogens with zero attached hydrogens (tertiary/aromatic N) is 5. The zero-order valence-corrected chi connectivity index (χ0v) is 14.4. The predicted octanol–water partition coefficient (Wildman–Crippen LogP) is 2.57. The molecule has 0 saturated heterocycles. The summed E-state index contributed by atoms with van der Waals surface area (Å²) < 4.78 is 1.53. The van der Waals surface area contributed by atoms with Crippen LogP contribution in [-0.4, -0.2) is 19.6 Å². The maximum absolute atomic E-state index is 12.2. The highest BCUT2D eigenvalue weighted by molar-refractivity contribution is 7.98. The van der Waals surface area contributed by atoms with E-state index in [9.17, 15) is 10.1 Å². The smallest absolute Gasteiger partial charge is 0.258 e. The fraction of sp³-hybridized carbons (Fsp3) is 0.235. The van der Waals surface area contributed by atoms with Crippen molar-refractivity contribution in [1.82, 2.24) is 19.6 Å². The molecule has 7 heteroatoms. The van der Waals surface area contributed by atoms with Crippen LogP contribution in [0, 0.1) is 32.1 Å². The van der Waals surface area contributed by atoms with Crippen molar-refractivity contribution in [3.05, 3.63) is 62.8 Å². The summed E-state index contributed by atoms with van der Waals surface area (Å²) in [6.07, 6.45) is 1.71. The topological polar surface area (TPSA) is 83.9 Å². The van der Waals surface area contributed by atoms with E-state index in [1.165, 1.54) is 22.2 Å². The van der Waals surface area contributed by atoms with Crippen molar-refractivity contribution in [2.45, 2.75) is 31.6 Å².